The molecule has 1 aliphatic rings. The second-order valence-electron chi connectivity index (χ2n) is 7.43. The molecule has 31 heavy (non-hydrogen) atoms. The maximum absolute atomic E-state index is 12.9. The lowest BCUT2D eigenvalue weighted by Crippen LogP contribution is -2.43. The van der Waals surface area contributed by atoms with Crippen LogP contribution in [0.1, 0.15) is 12.8 Å². The number of amides is 1. The number of carbonyl (C=O) groups excluding carboxylic acids is 1. The van der Waals surface area contributed by atoms with Crippen molar-refractivity contribution in [3.8, 4) is 0 Å². The first-order valence-electron chi connectivity index (χ1n) is 9.59. The molecule has 3 rings (SSSR count). The monoisotopic (exact) mass is 485 g/mol. The van der Waals surface area contributed by atoms with Gasteiger partial charge in [0.25, 0.3) is 0 Å². The van der Waals surface area contributed by atoms with Crippen LogP contribution in [0.5, 0.6) is 0 Å². The van der Waals surface area contributed by atoms with Crippen molar-refractivity contribution < 1.29 is 21.6 Å². The van der Waals surface area contributed by atoms with Crippen molar-refractivity contribution >= 4 is 48.9 Å². The fourth-order valence-electron chi connectivity index (χ4n) is 3.35. The molecule has 1 saturated heterocycles. The van der Waals surface area contributed by atoms with Gasteiger partial charge >= 0.3 is 0 Å². The summed E-state index contributed by atoms with van der Waals surface area (Å²) in [4.78, 5) is 13.0. The van der Waals surface area contributed by atoms with Crippen LogP contribution in [-0.2, 0) is 24.8 Å². The molecule has 0 spiro atoms. The van der Waals surface area contributed by atoms with E-state index < -0.39 is 26.0 Å². The molecule has 1 heterocycles. The van der Waals surface area contributed by atoms with E-state index in [1.165, 1.54) is 35.6 Å². The van der Waals surface area contributed by atoms with E-state index in [1.807, 2.05) is 0 Å². The zero-order valence-electron chi connectivity index (χ0n) is 17.2. The molecule has 1 fully saturated rings. The molecular weight excluding hydrogens is 462 g/mol. The molecule has 0 radical (unpaired) electrons. The molecule has 168 valence electrons. The number of hydrogen-bond acceptors (Lipinski definition) is 5. The number of hydrogen-bond donors (Lipinski definition) is 1. The minimum Gasteiger partial charge on any atom is -0.326 e. The maximum Gasteiger partial charge on any atom is 0.243 e. The number of sulfonamides is 2. The highest BCUT2D eigenvalue weighted by Gasteiger charge is 2.33. The van der Waals surface area contributed by atoms with Gasteiger partial charge in [-0.1, -0.05) is 17.7 Å². The Hall–Kier alpha value is -2.14. The number of benzene rings is 2. The van der Waals surface area contributed by atoms with Gasteiger partial charge in [0.05, 0.1) is 22.8 Å². The molecule has 2 aromatic rings. The lowest BCUT2D eigenvalue weighted by Gasteiger charge is -2.31. The molecule has 1 amide bonds. The van der Waals surface area contributed by atoms with Gasteiger partial charge in [-0.3, -0.25) is 9.10 Å². The van der Waals surface area contributed by atoms with Crippen molar-refractivity contribution in [2.75, 3.05) is 36.0 Å². The van der Waals surface area contributed by atoms with Crippen LogP contribution in [0.4, 0.5) is 11.4 Å². The summed E-state index contributed by atoms with van der Waals surface area (Å²) in [7, 11) is -5.74. The van der Waals surface area contributed by atoms with E-state index in [0.717, 1.165) is 10.6 Å². The summed E-state index contributed by atoms with van der Waals surface area (Å²) in [5.41, 5.74) is 0.853. The van der Waals surface area contributed by atoms with Crippen molar-refractivity contribution in [2.45, 2.75) is 17.7 Å². The van der Waals surface area contributed by atoms with E-state index in [-0.39, 0.29) is 17.3 Å². The van der Waals surface area contributed by atoms with E-state index in [2.05, 4.69) is 5.32 Å². The van der Waals surface area contributed by atoms with E-state index in [9.17, 15) is 21.6 Å². The topological polar surface area (TPSA) is 104 Å². The summed E-state index contributed by atoms with van der Waals surface area (Å²) in [5, 5.41) is 3.22. The normalized spacial score (nSPS) is 17.8. The van der Waals surface area contributed by atoms with E-state index in [1.54, 1.807) is 24.3 Å². The van der Waals surface area contributed by atoms with Gasteiger partial charge in [-0.05, 0) is 55.3 Å². The number of nitrogens with zero attached hydrogens (tertiary/aromatic N) is 2. The Morgan fingerprint density at radius 2 is 1.81 bits per heavy atom. The molecule has 0 saturated carbocycles. The molecule has 1 N–H and O–H groups in total. The summed E-state index contributed by atoms with van der Waals surface area (Å²) >= 11 is 5.85. The third-order valence-corrected chi connectivity index (χ3v) is 8.52. The summed E-state index contributed by atoms with van der Waals surface area (Å²) in [6.45, 7) is 0.406. The summed E-state index contributed by atoms with van der Waals surface area (Å²) in [6, 6.07) is 12.4. The van der Waals surface area contributed by atoms with Gasteiger partial charge in [-0.15, -0.1) is 0 Å². The van der Waals surface area contributed by atoms with E-state index >= 15 is 0 Å². The van der Waals surface area contributed by atoms with Gasteiger partial charge in [0.15, 0.2) is 0 Å². The first kappa shape index (κ1) is 23.5. The Kier molecular flexibility index (Phi) is 6.95. The fraction of sp³-hybridized carbons (Fsp3) is 0.350. The minimum atomic E-state index is -3.73. The highest BCUT2D eigenvalue weighted by molar-refractivity contribution is 7.92. The number of nitrogens with one attached hydrogen (secondary N) is 1. The van der Waals surface area contributed by atoms with Crippen LogP contribution in [0.15, 0.2) is 53.4 Å². The van der Waals surface area contributed by atoms with Crippen LogP contribution in [0.2, 0.25) is 5.02 Å². The van der Waals surface area contributed by atoms with Gasteiger partial charge in [-0.2, -0.15) is 4.31 Å². The molecule has 0 bridgehead atoms. The number of rotatable bonds is 6. The van der Waals surface area contributed by atoms with Crippen LogP contribution in [0, 0.1) is 5.92 Å². The van der Waals surface area contributed by atoms with Crippen molar-refractivity contribution in [1.29, 1.82) is 0 Å². The first-order chi connectivity index (χ1) is 14.5. The number of anilines is 2. The Morgan fingerprint density at radius 1 is 1.13 bits per heavy atom. The SMILES string of the molecule is CN(c1cccc(NC(=O)C2CCCN(S(=O)(=O)c3ccc(Cl)cc3)C2)c1)S(C)(=O)=O. The Balaban J connectivity index is 1.72. The smallest absolute Gasteiger partial charge is 0.243 e. The molecule has 2 aromatic carbocycles. The zero-order valence-corrected chi connectivity index (χ0v) is 19.5. The number of halogens is 1. The zero-order chi connectivity index (χ0) is 22.8. The maximum atomic E-state index is 12.9. The van der Waals surface area contributed by atoms with Gasteiger partial charge in [0.2, 0.25) is 26.0 Å². The minimum absolute atomic E-state index is 0.0692. The van der Waals surface area contributed by atoms with Crippen LogP contribution in [0.3, 0.4) is 0 Å². The molecule has 0 aliphatic carbocycles. The lowest BCUT2D eigenvalue weighted by molar-refractivity contribution is -0.120. The average molecular weight is 486 g/mol. The third kappa shape index (κ3) is 5.57. The quantitative estimate of drug-likeness (QED) is 0.677. The standard InChI is InChI=1S/C20H24ClN3O5S2/c1-23(30(2,26)27)18-7-3-6-17(13-18)22-20(25)15-5-4-12-24(14-15)31(28,29)19-10-8-16(21)9-11-19/h3,6-11,13,15H,4-5,12,14H2,1-2H3,(H,22,25). The molecule has 1 unspecified atom stereocenters. The van der Waals surface area contributed by atoms with Crippen molar-refractivity contribution in [3.63, 3.8) is 0 Å². The van der Waals surface area contributed by atoms with Crippen molar-refractivity contribution in [3.05, 3.63) is 53.6 Å². The Morgan fingerprint density at radius 3 is 2.45 bits per heavy atom. The lowest BCUT2D eigenvalue weighted by atomic mass is 9.98. The summed E-state index contributed by atoms with van der Waals surface area (Å²) < 4.78 is 51.8. The van der Waals surface area contributed by atoms with Gasteiger partial charge in [0, 0.05) is 30.8 Å². The molecule has 8 nitrogen and oxygen atoms in total. The fourth-order valence-corrected chi connectivity index (χ4v) is 5.49. The van der Waals surface area contributed by atoms with Crippen LogP contribution >= 0.6 is 11.6 Å². The molecule has 11 heteroatoms. The van der Waals surface area contributed by atoms with Crippen LogP contribution in [-0.4, -0.2) is 53.4 Å². The van der Waals surface area contributed by atoms with Crippen LogP contribution in [0.25, 0.3) is 0 Å². The van der Waals surface area contributed by atoms with Crippen molar-refractivity contribution in [2.24, 2.45) is 5.92 Å². The second kappa shape index (κ2) is 9.15. The summed E-state index contributed by atoms with van der Waals surface area (Å²) in [5.74, 6) is -0.831. The Bertz CT molecular complexity index is 1170. The largest absolute Gasteiger partial charge is 0.326 e. The molecule has 1 aliphatic heterocycles. The predicted molar refractivity (Wildman–Crippen MR) is 121 cm³/mol. The highest BCUT2D eigenvalue weighted by Crippen LogP contribution is 2.26. The van der Waals surface area contributed by atoms with Crippen molar-refractivity contribution in [1.82, 2.24) is 4.31 Å². The molecular formula is C20H24ClN3O5S2. The molecule has 0 aromatic heterocycles. The molecule has 1 atom stereocenters. The first-order valence-corrected chi connectivity index (χ1v) is 13.3. The third-order valence-electron chi connectivity index (χ3n) is 5.18. The predicted octanol–water partition coefficient (Wildman–Crippen LogP) is 2.78. The van der Waals surface area contributed by atoms with Gasteiger partial charge < -0.3 is 5.32 Å². The van der Waals surface area contributed by atoms with E-state index in [0.29, 0.717) is 35.8 Å². The second-order valence-corrected chi connectivity index (χ2v) is 11.8. The summed E-state index contributed by atoms with van der Waals surface area (Å²) in [6.07, 6.45) is 2.21. The van der Waals surface area contributed by atoms with E-state index in [4.69, 9.17) is 11.6 Å². The van der Waals surface area contributed by atoms with Gasteiger partial charge in [-0.25, -0.2) is 16.8 Å². The van der Waals surface area contributed by atoms with Gasteiger partial charge in [0.1, 0.15) is 0 Å². The highest BCUT2D eigenvalue weighted by atomic mass is 35.5. The number of piperidine rings is 1. The number of carbonyl (C=O) groups is 1. The average Bonchev–Trinajstić information content (AvgIpc) is 2.73. The van der Waals surface area contributed by atoms with Crippen LogP contribution < -0.4 is 9.62 Å². The Labute approximate surface area is 187 Å².